The van der Waals surface area contributed by atoms with Crippen LogP contribution in [0.2, 0.25) is 10.0 Å². The van der Waals surface area contributed by atoms with Crippen molar-refractivity contribution in [2.45, 2.75) is 0 Å². The quantitative estimate of drug-likeness (QED) is 0.338. The van der Waals surface area contributed by atoms with Crippen molar-refractivity contribution < 1.29 is 9.21 Å². The Hall–Kier alpha value is -1.81. The third-order valence-electron chi connectivity index (χ3n) is 3.37. The highest BCUT2D eigenvalue weighted by Crippen LogP contribution is 2.34. The lowest BCUT2D eigenvalue weighted by atomic mass is 10.1. The van der Waals surface area contributed by atoms with E-state index in [1.807, 2.05) is 18.2 Å². The molecule has 0 fully saturated rings. The lowest BCUT2D eigenvalue weighted by molar-refractivity contribution is 0.104. The Morgan fingerprint density at radius 1 is 1.00 bits per heavy atom. The summed E-state index contributed by atoms with van der Waals surface area (Å²) in [5.41, 5.74) is 1.32. The highest BCUT2D eigenvalue weighted by Gasteiger charge is 2.10. The molecule has 0 unspecified atom stereocenters. The van der Waals surface area contributed by atoms with Crippen LogP contribution in [0.3, 0.4) is 0 Å². The maximum Gasteiger partial charge on any atom is 0.185 e. The summed E-state index contributed by atoms with van der Waals surface area (Å²) in [6, 6.07) is 16.1. The van der Waals surface area contributed by atoms with E-state index in [2.05, 4.69) is 15.9 Å². The predicted molar refractivity (Wildman–Crippen MR) is 102 cm³/mol. The van der Waals surface area contributed by atoms with Crippen LogP contribution in [0.25, 0.3) is 17.4 Å². The molecule has 0 N–H and O–H groups in total. The Kier molecular flexibility index (Phi) is 5.24. The van der Waals surface area contributed by atoms with E-state index in [1.54, 1.807) is 42.5 Å². The topological polar surface area (TPSA) is 30.2 Å². The van der Waals surface area contributed by atoms with Crippen molar-refractivity contribution in [3.8, 4) is 11.3 Å². The normalized spacial score (nSPS) is 11.1. The first-order valence-corrected chi connectivity index (χ1v) is 8.61. The predicted octanol–water partition coefficient (Wildman–Crippen LogP) is 6.91. The number of halogens is 3. The summed E-state index contributed by atoms with van der Waals surface area (Å²) < 4.78 is 6.65. The van der Waals surface area contributed by atoms with Gasteiger partial charge in [-0.3, -0.25) is 4.79 Å². The fourth-order valence-electron chi connectivity index (χ4n) is 2.15. The Balaban J connectivity index is 1.80. The van der Waals surface area contributed by atoms with Crippen LogP contribution in [0.5, 0.6) is 0 Å². The number of hydrogen-bond acceptors (Lipinski definition) is 2. The second-order valence-corrected chi connectivity index (χ2v) is 6.71. The van der Waals surface area contributed by atoms with Crippen LogP contribution in [0.15, 0.2) is 69.6 Å². The molecule has 3 aromatic rings. The average molecular weight is 422 g/mol. The fraction of sp³-hybridized carbons (Fsp3) is 0. The van der Waals surface area contributed by atoms with E-state index in [1.165, 1.54) is 6.08 Å². The van der Waals surface area contributed by atoms with E-state index in [0.717, 1.165) is 4.47 Å². The molecule has 1 heterocycles. The van der Waals surface area contributed by atoms with E-state index in [0.29, 0.717) is 32.7 Å². The summed E-state index contributed by atoms with van der Waals surface area (Å²) in [6.07, 6.45) is 3.11. The number of benzene rings is 2. The molecule has 2 nitrogen and oxygen atoms in total. The first kappa shape index (κ1) is 17.0. The van der Waals surface area contributed by atoms with Crippen LogP contribution in [0.4, 0.5) is 0 Å². The van der Waals surface area contributed by atoms with Crippen molar-refractivity contribution >= 4 is 51.0 Å². The number of carbonyl (C=O) groups excluding carboxylic acids is 1. The summed E-state index contributed by atoms with van der Waals surface area (Å²) in [5.74, 6) is 1.06. The van der Waals surface area contributed by atoms with Crippen molar-refractivity contribution in [1.82, 2.24) is 0 Å². The zero-order chi connectivity index (χ0) is 17.1. The zero-order valence-electron chi connectivity index (χ0n) is 12.3. The van der Waals surface area contributed by atoms with Crippen molar-refractivity contribution in [3.05, 3.63) is 86.5 Å². The van der Waals surface area contributed by atoms with Gasteiger partial charge in [0, 0.05) is 15.6 Å². The summed E-state index contributed by atoms with van der Waals surface area (Å²) in [5, 5.41) is 0.906. The molecule has 0 aliphatic rings. The van der Waals surface area contributed by atoms with Gasteiger partial charge in [-0.05, 0) is 60.7 Å². The fourth-order valence-corrected chi connectivity index (χ4v) is 2.81. The van der Waals surface area contributed by atoms with E-state index >= 15 is 0 Å². The summed E-state index contributed by atoms with van der Waals surface area (Å²) in [7, 11) is 0. The van der Waals surface area contributed by atoms with Gasteiger partial charge < -0.3 is 4.42 Å². The Bertz CT molecular complexity index is 911. The lowest BCUT2D eigenvalue weighted by Crippen LogP contribution is -1.92. The Morgan fingerprint density at radius 3 is 2.50 bits per heavy atom. The number of allylic oxidation sites excluding steroid dienone is 1. The third kappa shape index (κ3) is 3.81. The molecule has 0 atom stereocenters. The average Bonchev–Trinajstić information content (AvgIpc) is 3.04. The van der Waals surface area contributed by atoms with Crippen LogP contribution in [0, 0.1) is 0 Å². The maximum absolute atomic E-state index is 12.1. The summed E-state index contributed by atoms with van der Waals surface area (Å²) >= 11 is 15.5. The van der Waals surface area contributed by atoms with Crippen molar-refractivity contribution in [3.63, 3.8) is 0 Å². The van der Waals surface area contributed by atoms with E-state index in [9.17, 15) is 4.79 Å². The maximum atomic E-state index is 12.1. The largest absolute Gasteiger partial charge is 0.457 e. The molecular formula is C19H11BrCl2O2. The van der Waals surface area contributed by atoms with Crippen LogP contribution in [-0.4, -0.2) is 5.78 Å². The lowest BCUT2D eigenvalue weighted by Gasteiger charge is -2.01. The zero-order valence-corrected chi connectivity index (χ0v) is 15.4. The van der Waals surface area contributed by atoms with Crippen LogP contribution in [0.1, 0.15) is 16.1 Å². The van der Waals surface area contributed by atoms with Crippen LogP contribution in [-0.2, 0) is 0 Å². The van der Waals surface area contributed by atoms with E-state index < -0.39 is 0 Å². The van der Waals surface area contributed by atoms with Crippen molar-refractivity contribution in [2.75, 3.05) is 0 Å². The van der Waals surface area contributed by atoms with Crippen molar-refractivity contribution in [1.29, 1.82) is 0 Å². The second-order valence-electron chi connectivity index (χ2n) is 5.01. The summed E-state index contributed by atoms with van der Waals surface area (Å²) in [6.45, 7) is 0. The third-order valence-corrected chi connectivity index (χ3v) is 4.72. The molecule has 5 heteroatoms. The number of hydrogen-bond donors (Lipinski definition) is 0. The Morgan fingerprint density at radius 2 is 1.75 bits per heavy atom. The number of ketones is 1. The monoisotopic (exact) mass is 420 g/mol. The van der Waals surface area contributed by atoms with Gasteiger partial charge in [0.15, 0.2) is 5.78 Å². The molecule has 0 saturated heterocycles. The SMILES string of the molecule is O=C(/C=C/c1ccc(-c2cccc(Cl)c2Cl)o1)c1ccc(Br)cc1. The minimum Gasteiger partial charge on any atom is -0.457 e. The molecule has 2 aromatic carbocycles. The van der Waals surface area contributed by atoms with Gasteiger partial charge in [0.05, 0.1) is 10.0 Å². The van der Waals surface area contributed by atoms with Gasteiger partial charge >= 0.3 is 0 Å². The molecule has 0 aliphatic carbocycles. The molecule has 0 spiro atoms. The summed E-state index contributed by atoms with van der Waals surface area (Å²) in [4.78, 5) is 12.1. The van der Waals surface area contributed by atoms with Gasteiger partial charge in [-0.25, -0.2) is 0 Å². The van der Waals surface area contributed by atoms with E-state index in [4.69, 9.17) is 27.6 Å². The molecule has 24 heavy (non-hydrogen) atoms. The molecule has 1 aromatic heterocycles. The van der Waals surface area contributed by atoms with Crippen molar-refractivity contribution in [2.24, 2.45) is 0 Å². The van der Waals surface area contributed by atoms with Crippen LogP contribution < -0.4 is 0 Å². The molecule has 0 amide bonds. The molecule has 120 valence electrons. The van der Waals surface area contributed by atoms with Gasteiger partial charge in [0.1, 0.15) is 11.5 Å². The molecular weight excluding hydrogens is 411 g/mol. The minimum atomic E-state index is -0.0961. The number of carbonyl (C=O) groups is 1. The van der Waals surface area contributed by atoms with Gasteiger partial charge in [-0.15, -0.1) is 0 Å². The minimum absolute atomic E-state index is 0.0961. The molecule has 0 radical (unpaired) electrons. The molecule has 0 saturated carbocycles. The molecule has 3 rings (SSSR count). The number of furan rings is 1. The van der Waals surface area contributed by atoms with Crippen LogP contribution >= 0.6 is 39.1 Å². The number of rotatable bonds is 4. The van der Waals surface area contributed by atoms with Gasteiger partial charge in [0.25, 0.3) is 0 Å². The first-order chi connectivity index (χ1) is 11.5. The molecule has 0 bridgehead atoms. The van der Waals surface area contributed by atoms with Gasteiger partial charge in [-0.1, -0.05) is 45.2 Å². The first-order valence-electron chi connectivity index (χ1n) is 7.07. The van der Waals surface area contributed by atoms with Gasteiger partial charge in [0.2, 0.25) is 0 Å². The molecule has 0 aliphatic heterocycles. The second kappa shape index (κ2) is 7.39. The smallest absolute Gasteiger partial charge is 0.185 e. The highest BCUT2D eigenvalue weighted by molar-refractivity contribution is 9.10. The van der Waals surface area contributed by atoms with Gasteiger partial charge in [-0.2, -0.15) is 0 Å². The highest BCUT2D eigenvalue weighted by atomic mass is 79.9. The van der Waals surface area contributed by atoms with E-state index in [-0.39, 0.29) is 5.78 Å². The Labute approximate surface area is 157 Å². The standard InChI is InChI=1S/C19H11BrCl2O2/c20-13-6-4-12(5-7-13)17(23)10-8-14-9-11-18(24-14)15-2-1-3-16(21)19(15)22/h1-11H/b10-8+.